The summed E-state index contributed by atoms with van der Waals surface area (Å²) in [6, 6.07) is 5.51. The molecule has 154 valence electrons. The van der Waals surface area contributed by atoms with Crippen molar-refractivity contribution in [3.05, 3.63) is 41.5 Å². The van der Waals surface area contributed by atoms with Gasteiger partial charge < -0.3 is 9.47 Å². The van der Waals surface area contributed by atoms with Crippen LogP contribution in [0.1, 0.15) is 20.7 Å². The molecule has 0 fully saturated rings. The molecule has 1 heterocycles. The quantitative estimate of drug-likeness (QED) is 0.228. The average Bonchev–Trinajstić information content (AvgIpc) is 2.62. The Balaban J connectivity index is 2.11. The summed E-state index contributed by atoms with van der Waals surface area (Å²) in [6.07, 6.45) is -1.24. The number of hydroxylamine groups is 2. The van der Waals surface area contributed by atoms with Gasteiger partial charge in [0.05, 0.1) is 11.1 Å². The first-order valence-electron chi connectivity index (χ1n) is 7.33. The van der Waals surface area contributed by atoms with Crippen molar-refractivity contribution < 1.29 is 49.7 Å². The minimum absolute atomic E-state index is 0.00446. The third kappa shape index (κ3) is 3.71. The number of benzene rings is 2. The molecule has 0 spiro atoms. The van der Waals surface area contributed by atoms with Crippen LogP contribution in [0.5, 0.6) is 5.75 Å². The molecule has 0 saturated carbocycles. The number of carbonyl (C=O) groups excluding carboxylic acids is 3. The lowest BCUT2D eigenvalue weighted by Crippen LogP contribution is -2.44. The Morgan fingerprint density at radius 1 is 1.10 bits per heavy atom. The number of hydrogen-bond donors (Lipinski definition) is 0. The molecule has 0 N–H and O–H groups in total. The van der Waals surface area contributed by atoms with Crippen molar-refractivity contribution in [2.45, 2.75) is 5.51 Å². The third-order valence-corrected chi connectivity index (χ3v) is 4.63. The summed E-state index contributed by atoms with van der Waals surface area (Å²) in [6.45, 7) is 0. The molecule has 2 aromatic rings. The van der Waals surface area contributed by atoms with Crippen LogP contribution in [0.4, 0.5) is 18.0 Å². The van der Waals surface area contributed by atoms with Crippen LogP contribution in [0, 0.1) is 0 Å². The van der Waals surface area contributed by atoms with Gasteiger partial charge in [0, 0.05) is 5.39 Å². The first kappa shape index (κ1) is 20.8. The zero-order valence-corrected chi connectivity index (χ0v) is 15.3. The zero-order valence-electron chi connectivity index (χ0n) is 13.7. The van der Waals surface area contributed by atoms with Gasteiger partial charge in [0.25, 0.3) is 11.8 Å². The highest BCUT2D eigenvalue weighted by Gasteiger charge is 2.51. The van der Waals surface area contributed by atoms with Gasteiger partial charge in [0.2, 0.25) is 0 Å². The number of halogens is 4. The molecule has 0 aliphatic carbocycles. The van der Waals surface area contributed by atoms with E-state index in [-0.39, 0.29) is 22.1 Å². The fourth-order valence-electron chi connectivity index (χ4n) is 2.50. The Hall–Kier alpha value is -2.90. The molecule has 14 heteroatoms. The lowest BCUT2D eigenvalue weighted by atomic mass is 9.95. The maximum atomic E-state index is 12.6. The van der Waals surface area contributed by atoms with Crippen molar-refractivity contribution in [2.24, 2.45) is 0 Å². The van der Waals surface area contributed by atoms with Crippen LogP contribution in [0.25, 0.3) is 10.8 Å². The Bertz CT molecular complexity index is 1150. The summed E-state index contributed by atoms with van der Waals surface area (Å²) >= 11 is 5.22. The SMILES string of the molecule is O=C(OCCl)Oc1cc2c3c(cccc3c1)C(=O)N(OS(=O)(=O)C(F)(F)F)C2=O. The Morgan fingerprint density at radius 3 is 2.38 bits per heavy atom. The van der Waals surface area contributed by atoms with E-state index in [2.05, 4.69) is 9.02 Å². The van der Waals surface area contributed by atoms with Gasteiger partial charge in [0.15, 0.2) is 6.07 Å². The first-order valence-corrected chi connectivity index (χ1v) is 9.27. The summed E-state index contributed by atoms with van der Waals surface area (Å²) in [7, 11) is -6.31. The van der Waals surface area contributed by atoms with Crippen LogP contribution in [-0.2, 0) is 19.1 Å². The standard InChI is InChI=1S/C15H7ClF3NO8S/c16-6-26-14(23)27-8-4-7-2-1-3-9-11(7)10(5-8)13(22)20(12(9)21)28-29(24,25)15(17,18)19/h1-5H,6H2. The molecule has 1 aliphatic rings. The molecule has 0 aromatic heterocycles. The summed E-state index contributed by atoms with van der Waals surface area (Å²) < 4.78 is 73.2. The maximum Gasteiger partial charge on any atom is 0.525 e. The highest BCUT2D eigenvalue weighted by atomic mass is 35.5. The van der Waals surface area contributed by atoms with E-state index < -0.39 is 50.3 Å². The molecule has 0 bridgehead atoms. The molecule has 29 heavy (non-hydrogen) atoms. The van der Waals surface area contributed by atoms with Gasteiger partial charge >= 0.3 is 21.8 Å². The van der Waals surface area contributed by atoms with Gasteiger partial charge in [-0.3, -0.25) is 9.59 Å². The molecule has 0 unspecified atom stereocenters. The van der Waals surface area contributed by atoms with E-state index >= 15 is 0 Å². The van der Waals surface area contributed by atoms with Crippen molar-refractivity contribution in [2.75, 3.05) is 6.07 Å². The van der Waals surface area contributed by atoms with Crippen LogP contribution in [-0.4, -0.2) is 43.0 Å². The predicted octanol–water partition coefficient (Wildman–Crippen LogP) is 2.93. The smallest absolute Gasteiger partial charge is 0.418 e. The molecule has 1 aliphatic heterocycles. The monoisotopic (exact) mass is 453 g/mol. The average molecular weight is 454 g/mol. The summed E-state index contributed by atoms with van der Waals surface area (Å²) in [5.41, 5.74) is -6.62. The van der Waals surface area contributed by atoms with Gasteiger partial charge in [-0.2, -0.15) is 21.6 Å². The fourth-order valence-corrected chi connectivity index (χ4v) is 3.00. The molecule has 9 nitrogen and oxygen atoms in total. The van der Waals surface area contributed by atoms with Crippen LogP contribution in [0.3, 0.4) is 0 Å². The van der Waals surface area contributed by atoms with Gasteiger partial charge in [-0.1, -0.05) is 23.7 Å². The van der Waals surface area contributed by atoms with E-state index in [1.165, 1.54) is 18.2 Å². The van der Waals surface area contributed by atoms with Crippen LogP contribution >= 0.6 is 11.6 Å². The highest BCUT2D eigenvalue weighted by molar-refractivity contribution is 7.87. The first-order chi connectivity index (χ1) is 13.5. The molecule has 2 aromatic carbocycles. The minimum atomic E-state index is -6.31. The number of nitrogens with zero attached hydrogens (tertiary/aromatic N) is 1. The number of alkyl halides is 4. The number of hydrogen-bond acceptors (Lipinski definition) is 8. The molecular formula is C15H7ClF3NO8S. The number of amides is 2. The number of rotatable bonds is 4. The normalized spacial score (nSPS) is 14.3. The molecule has 2 amide bonds. The molecule has 0 radical (unpaired) electrons. The van der Waals surface area contributed by atoms with E-state index in [0.717, 1.165) is 12.1 Å². The maximum absolute atomic E-state index is 12.6. The molecular weight excluding hydrogens is 447 g/mol. The Labute approximate surface area is 164 Å². The van der Waals surface area contributed by atoms with Crippen molar-refractivity contribution in [3.63, 3.8) is 0 Å². The van der Waals surface area contributed by atoms with E-state index in [1.54, 1.807) is 0 Å². The van der Waals surface area contributed by atoms with E-state index in [4.69, 9.17) is 16.3 Å². The molecule has 3 rings (SSSR count). The van der Waals surface area contributed by atoms with Crippen molar-refractivity contribution in [1.29, 1.82) is 0 Å². The number of carbonyl (C=O) groups is 3. The minimum Gasteiger partial charge on any atom is -0.418 e. The van der Waals surface area contributed by atoms with Gasteiger partial charge in [-0.25, -0.2) is 4.79 Å². The van der Waals surface area contributed by atoms with Crippen LogP contribution in [0.15, 0.2) is 30.3 Å². The topological polar surface area (TPSA) is 116 Å². The third-order valence-electron chi connectivity index (χ3n) is 3.61. The highest BCUT2D eigenvalue weighted by Crippen LogP contribution is 2.35. The second kappa shape index (κ2) is 7.17. The fraction of sp³-hybridized carbons (Fsp3) is 0.133. The van der Waals surface area contributed by atoms with Gasteiger partial charge in [-0.05, 0) is 23.6 Å². The largest absolute Gasteiger partial charge is 0.525 e. The lowest BCUT2D eigenvalue weighted by Gasteiger charge is -2.25. The van der Waals surface area contributed by atoms with Crippen LogP contribution < -0.4 is 4.74 Å². The van der Waals surface area contributed by atoms with E-state index in [1.807, 2.05) is 0 Å². The van der Waals surface area contributed by atoms with Crippen molar-refractivity contribution in [1.82, 2.24) is 5.06 Å². The zero-order chi connectivity index (χ0) is 21.6. The molecule has 0 saturated heterocycles. The summed E-state index contributed by atoms with van der Waals surface area (Å²) in [5.74, 6) is -3.21. The predicted molar refractivity (Wildman–Crippen MR) is 88.3 cm³/mol. The lowest BCUT2D eigenvalue weighted by molar-refractivity contribution is -0.0761. The number of imide groups is 1. The van der Waals surface area contributed by atoms with Crippen molar-refractivity contribution in [3.8, 4) is 5.75 Å². The number of ether oxygens (including phenoxy) is 2. The Morgan fingerprint density at radius 2 is 1.76 bits per heavy atom. The molecule has 0 atom stereocenters. The van der Waals surface area contributed by atoms with Gasteiger partial charge in [-0.15, -0.1) is 9.35 Å². The second-order valence-corrected chi connectivity index (χ2v) is 7.10. The van der Waals surface area contributed by atoms with Crippen molar-refractivity contribution >= 4 is 50.5 Å². The van der Waals surface area contributed by atoms with E-state index in [9.17, 15) is 36.0 Å². The second-order valence-electron chi connectivity index (χ2n) is 5.36. The summed E-state index contributed by atoms with van der Waals surface area (Å²) in [5, 5.41) is -0.320. The summed E-state index contributed by atoms with van der Waals surface area (Å²) in [4.78, 5) is 36.3. The van der Waals surface area contributed by atoms with Crippen LogP contribution in [0.2, 0.25) is 0 Å². The van der Waals surface area contributed by atoms with Gasteiger partial charge in [0.1, 0.15) is 5.75 Å². The Kier molecular flexibility index (Phi) is 5.15. The van der Waals surface area contributed by atoms with E-state index in [0.29, 0.717) is 0 Å².